The third-order valence-electron chi connectivity index (χ3n) is 5.12. The van der Waals surface area contributed by atoms with Gasteiger partial charge in [-0.3, -0.25) is 4.79 Å². The van der Waals surface area contributed by atoms with Crippen LogP contribution in [0.5, 0.6) is 0 Å². The Bertz CT molecular complexity index is 819. The minimum atomic E-state index is -0.00824. The van der Waals surface area contributed by atoms with E-state index in [-0.39, 0.29) is 11.9 Å². The normalized spacial score (nSPS) is 27.3. The van der Waals surface area contributed by atoms with Gasteiger partial charge in [-0.2, -0.15) is 0 Å². The van der Waals surface area contributed by atoms with E-state index in [4.69, 9.17) is 4.98 Å². The predicted molar refractivity (Wildman–Crippen MR) is 84.5 cm³/mol. The molecule has 0 spiro atoms. The van der Waals surface area contributed by atoms with Gasteiger partial charge in [0.05, 0.1) is 11.7 Å². The number of fused-ring (bicyclic) bond motifs is 4. The molecule has 0 saturated heterocycles. The zero-order valence-electron chi connectivity index (χ0n) is 12.4. The number of benzene rings is 1. The van der Waals surface area contributed by atoms with Crippen LogP contribution in [0.3, 0.4) is 0 Å². The average Bonchev–Trinajstić information content (AvgIpc) is 3.03. The molecule has 0 bridgehead atoms. The smallest absolute Gasteiger partial charge is 0.224 e. The van der Waals surface area contributed by atoms with Gasteiger partial charge in [0.1, 0.15) is 5.82 Å². The largest absolute Gasteiger partial charge is 0.343 e. The molecule has 2 aromatic rings. The summed E-state index contributed by atoms with van der Waals surface area (Å²) in [5.41, 5.74) is 4.57. The standard InChI is InChI=1S/C18H17N3O/c1-10(22)21-15-5-3-2-4-12(15)9-16(21)18-19-14-7-6-11-8-13(11)17(14)20-18/h2-7,11,13,16H,8-9H2,1H3,(H,19,20). The Morgan fingerprint density at radius 1 is 1.36 bits per heavy atom. The summed E-state index contributed by atoms with van der Waals surface area (Å²) in [6.07, 6.45) is 6.46. The van der Waals surface area contributed by atoms with E-state index in [1.54, 1.807) is 6.92 Å². The van der Waals surface area contributed by atoms with Crippen molar-refractivity contribution in [1.29, 1.82) is 0 Å². The van der Waals surface area contributed by atoms with Crippen LogP contribution in [-0.2, 0) is 11.2 Å². The van der Waals surface area contributed by atoms with Crippen LogP contribution in [0.25, 0.3) is 6.08 Å². The number of allylic oxidation sites excluding steroid dienone is 1. The number of nitrogens with zero attached hydrogens (tertiary/aromatic N) is 2. The quantitative estimate of drug-likeness (QED) is 0.877. The third-order valence-corrected chi connectivity index (χ3v) is 5.12. The summed E-state index contributed by atoms with van der Waals surface area (Å²) in [7, 11) is 0. The van der Waals surface area contributed by atoms with Gasteiger partial charge in [0, 0.05) is 30.6 Å². The summed E-state index contributed by atoms with van der Waals surface area (Å²) in [6, 6.07) is 8.14. The monoisotopic (exact) mass is 291 g/mol. The van der Waals surface area contributed by atoms with E-state index in [1.807, 2.05) is 23.1 Å². The maximum absolute atomic E-state index is 12.2. The number of nitrogens with one attached hydrogen (secondary N) is 1. The van der Waals surface area contributed by atoms with E-state index in [1.165, 1.54) is 17.7 Å². The van der Waals surface area contributed by atoms with E-state index in [2.05, 4.69) is 23.2 Å². The van der Waals surface area contributed by atoms with E-state index in [9.17, 15) is 4.79 Å². The number of hydrogen-bond donors (Lipinski definition) is 1. The Morgan fingerprint density at radius 2 is 2.23 bits per heavy atom. The molecule has 3 unspecified atom stereocenters. The molecule has 3 atom stereocenters. The second kappa shape index (κ2) is 4.09. The summed E-state index contributed by atoms with van der Waals surface area (Å²) < 4.78 is 0. The number of hydrogen-bond acceptors (Lipinski definition) is 2. The third kappa shape index (κ3) is 1.58. The van der Waals surface area contributed by atoms with Crippen LogP contribution >= 0.6 is 0 Å². The van der Waals surface area contributed by atoms with Crippen molar-refractivity contribution in [1.82, 2.24) is 9.97 Å². The number of carbonyl (C=O) groups excluding carboxylic acids is 1. The predicted octanol–water partition coefficient (Wildman–Crippen LogP) is 3.19. The van der Waals surface area contributed by atoms with E-state index < -0.39 is 0 Å². The highest BCUT2D eigenvalue weighted by Gasteiger charge is 2.43. The van der Waals surface area contributed by atoms with Crippen molar-refractivity contribution in [3.05, 3.63) is 53.1 Å². The van der Waals surface area contributed by atoms with E-state index in [0.29, 0.717) is 11.8 Å². The highest BCUT2D eigenvalue weighted by Crippen LogP contribution is 2.52. The molecule has 4 heteroatoms. The van der Waals surface area contributed by atoms with Crippen LogP contribution in [0.15, 0.2) is 30.3 Å². The van der Waals surface area contributed by atoms with Crippen LogP contribution in [-0.4, -0.2) is 15.9 Å². The molecule has 3 aliphatic rings. The molecule has 110 valence electrons. The van der Waals surface area contributed by atoms with Gasteiger partial charge >= 0.3 is 0 Å². The van der Waals surface area contributed by atoms with Crippen LogP contribution in [0.4, 0.5) is 5.69 Å². The molecule has 5 rings (SSSR count). The first-order chi connectivity index (χ1) is 10.7. The summed E-state index contributed by atoms with van der Waals surface area (Å²) in [6.45, 7) is 1.63. The number of aromatic amines is 1. The number of para-hydroxylation sites is 1. The fourth-order valence-corrected chi connectivity index (χ4v) is 3.96. The first-order valence-corrected chi connectivity index (χ1v) is 7.88. The number of rotatable bonds is 1. The molecule has 1 N–H and O–H groups in total. The van der Waals surface area contributed by atoms with Crippen molar-refractivity contribution < 1.29 is 4.79 Å². The van der Waals surface area contributed by atoms with Crippen molar-refractivity contribution in [2.24, 2.45) is 5.92 Å². The highest BCUT2D eigenvalue weighted by atomic mass is 16.2. The molecule has 2 aliphatic carbocycles. The highest BCUT2D eigenvalue weighted by molar-refractivity contribution is 5.94. The second-order valence-corrected chi connectivity index (χ2v) is 6.52. The molecule has 1 saturated carbocycles. The summed E-state index contributed by atoms with van der Waals surface area (Å²) in [5, 5.41) is 0. The average molecular weight is 291 g/mol. The van der Waals surface area contributed by atoms with E-state index >= 15 is 0 Å². The molecular weight excluding hydrogens is 274 g/mol. The molecule has 2 heterocycles. The Hall–Kier alpha value is -2.36. The van der Waals surface area contributed by atoms with Crippen molar-refractivity contribution in [2.45, 2.75) is 31.7 Å². The van der Waals surface area contributed by atoms with Crippen LogP contribution < -0.4 is 4.90 Å². The van der Waals surface area contributed by atoms with Crippen LogP contribution in [0, 0.1) is 5.92 Å². The Balaban J connectivity index is 1.58. The molecule has 1 aromatic carbocycles. The lowest BCUT2D eigenvalue weighted by Crippen LogP contribution is -2.30. The Labute approximate surface area is 128 Å². The number of amides is 1. The number of imidazole rings is 1. The van der Waals surface area contributed by atoms with Gasteiger partial charge in [0.15, 0.2) is 0 Å². The number of anilines is 1. The summed E-state index contributed by atoms with van der Waals surface area (Å²) >= 11 is 0. The molecular formula is C18H17N3O. The first kappa shape index (κ1) is 12.2. The minimum absolute atomic E-state index is 0.00824. The van der Waals surface area contributed by atoms with Crippen molar-refractivity contribution in [3.63, 3.8) is 0 Å². The molecule has 4 nitrogen and oxygen atoms in total. The second-order valence-electron chi connectivity index (χ2n) is 6.52. The van der Waals surface area contributed by atoms with Crippen molar-refractivity contribution in [2.75, 3.05) is 4.90 Å². The van der Waals surface area contributed by atoms with Gasteiger partial charge in [-0.25, -0.2) is 4.98 Å². The van der Waals surface area contributed by atoms with Crippen LogP contribution in [0.2, 0.25) is 0 Å². The van der Waals surface area contributed by atoms with Gasteiger partial charge in [0.25, 0.3) is 0 Å². The maximum atomic E-state index is 12.2. The number of carbonyl (C=O) groups is 1. The molecule has 1 amide bonds. The lowest BCUT2D eigenvalue weighted by molar-refractivity contribution is -0.117. The Morgan fingerprint density at radius 3 is 3.09 bits per heavy atom. The molecule has 1 aromatic heterocycles. The summed E-state index contributed by atoms with van der Waals surface area (Å²) in [5.74, 6) is 2.32. The molecule has 22 heavy (non-hydrogen) atoms. The van der Waals surface area contributed by atoms with Crippen molar-refractivity contribution >= 4 is 17.7 Å². The van der Waals surface area contributed by atoms with Crippen molar-refractivity contribution in [3.8, 4) is 0 Å². The van der Waals surface area contributed by atoms with Gasteiger partial charge in [-0.05, 0) is 30.0 Å². The molecule has 1 fully saturated rings. The zero-order chi connectivity index (χ0) is 14.8. The van der Waals surface area contributed by atoms with Gasteiger partial charge in [-0.1, -0.05) is 24.3 Å². The number of H-pyrrole nitrogens is 1. The first-order valence-electron chi connectivity index (χ1n) is 7.88. The summed E-state index contributed by atoms with van der Waals surface area (Å²) in [4.78, 5) is 22.4. The topological polar surface area (TPSA) is 49.0 Å². The fraction of sp³-hybridized carbons (Fsp3) is 0.333. The maximum Gasteiger partial charge on any atom is 0.224 e. The zero-order valence-corrected chi connectivity index (χ0v) is 12.4. The van der Waals surface area contributed by atoms with Gasteiger partial charge < -0.3 is 9.88 Å². The van der Waals surface area contributed by atoms with E-state index in [0.717, 1.165) is 23.6 Å². The lowest BCUT2D eigenvalue weighted by Gasteiger charge is -2.22. The SMILES string of the molecule is CC(=O)N1c2ccccc2CC1c1nc2c([nH]1)C1CC1C=C2. The van der Waals surface area contributed by atoms with Gasteiger partial charge in [-0.15, -0.1) is 0 Å². The fourth-order valence-electron chi connectivity index (χ4n) is 3.96. The van der Waals surface area contributed by atoms with Gasteiger partial charge in [0.2, 0.25) is 5.91 Å². The minimum Gasteiger partial charge on any atom is -0.343 e. The molecule has 1 aliphatic heterocycles. The Kier molecular flexibility index (Phi) is 2.27. The van der Waals surface area contributed by atoms with Crippen LogP contribution in [0.1, 0.15) is 48.1 Å². The number of aromatic nitrogens is 2. The lowest BCUT2D eigenvalue weighted by atomic mass is 10.1. The molecule has 0 radical (unpaired) electrons.